The number of rotatable bonds is 6. The molecule has 0 spiro atoms. The van der Waals surface area contributed by atoms with Crippen molar-refractivity contribution in [1.29, 1.82) is 0 Å². The predicted octanol–water partition coefficient (Wildman–Crippen LogP) is 3.65. The second kappa shape index (κ2) is 8.70. The molecule has 0 aliphatic rings. The van der Waals surface area contributed by atoms with E-state index >= 15 is 0 Å². The van der Waals surface area contributed by atoms with Crippen molar-refractivity contribution in [1.82, 2.24) is 10.3 Å². The molecule has 4 nitrogen and oxygen atoms in total. The van der Waals surface area contributed by atoms with E-state index in [1.54, 1.807) is 0 Å². The molecule has 25 heavy (non-hydrogen) atoms. The number of hydrogen-bond acceptors (Lipinski definition) is 2. The Morgan fingerprint density at radius 2 is 1.92 bits per heavy atom. The Balaban J connectivity index is 0.00000225. The second-order valence-electron chi connectivity index (χ2n) is 6.13. The molecule has 4 N–H and O–H groups in total. The van der Waals surface area contributed by atoms with Gasteiger partial charge >= 0.3 is 0 Å². The molecular formula is C20H24ClN3O. The van der Waals surface area contributed by atoms with E-state index in [2.05, 4.69) is 29.4 Å². The molecule has 1 unspecified atom stereocenters. The largest absolute Gasteiger partial charge is 0.361 e. The average molecular weight is 358 g/mol. The molecule has 1 heterocycles. The topological polar surface area (TPSA) is 70.9 Å². The lowest BCUT2D eigenvalue weighted by Crippen LogP contribution is -2.29. The van der Waals surface area contributed by atoms with Crippen molar-refractivity contribution in [2.24, 2.45) is 5.73 Å². The molecule has 132 valence electrons. The summed E-state index contributed by atoms with van der Waals surface area (Å²) in [5, 5.41) is 4.23. The van der Waals surface area contributed by atoms with Gasteiger partial charge in [-0.3, -0.25) is 4.79 Å². The van der Waals surface area contributed by atoms with Crippen LogP contribution in [0.25, 0.3) is 10.9 Å². The fraction of sp³-hybridized carbons (Fsp3) is 0.250. The third-order valence-corrected chi connectivity index (χ3v) is 4.35. The minimum absolute atomic E-state index is 0. The van der Waals surface area contributed by atoms with Gasteiger partial charge in [0.15, 0.2) is 0 Å². The van der Waals surface area contributed by atoms with Gasteiger partial charge in [0.05, 0.1) is 0 Å². The zero-order chi connectivity index (χ0) is 16.9. The Morgan fingerprint density at radius 3 is 2.68 bits per heavy atom. The van der Waals surface area contributed by atoms with Gasteiger partial charge in [-0.05, 0) is 36.1 Å². The third-order valence-electron chi connectivity index (χ3n) is 4.35. The molecule has 1 amide bonds. The normalized spacial score (nSPS) is 11.8. The summed E-state index contributed by atoms with van der Waals surface area (Å²) >= 11 is 0. The van der Waals surface area contributed by atoms with Crippen LogP contribution in [-0.4, -0.2) is 17.4 Å². The van der Waals surface area contributed by atoms with E-state index in [0.29, 0.717) is 13.0 Å². The molecular weight excluding hydrogens is 334 g/mol. The maximum Gasteiger partial charge on any atom is 0.221 e. The molecule has 0 radical (unpaired) electrons. The van der Waals surface area contributed by atoms with Crippen molar-refractivity contribution < 1.29 is 4.79 Å². The number of amides is 1. The summed E-state index contributed by atoms with van der Waals surface area (Å²) in [6, 6.07) is 15.7. The van der Waals surface area contributed by atoms with Crippen LogP contribution in [0.3, 0.4) is 0 Å². The van der Waals surface area contributed by atoms with E-state index in [1.807, 2.05) is 42.6 Å². The highest BCUT2D eigenvalue weighted by Gasteiger charge is 2.11. The molecule has 0 saturated carbocycles. The van der Waals surface area contributed by atoms with Gasteiger partial charge in [0, 0.05) is 36.1 Å². The number of H-pyrrole nitrogens is 1. The van der Waals surface area contributed by atoms with Crippen LogP contribution in [0.15, 0.2) is 54.7 Å². The van der Waals surface area contributed by atoms with Crippen LogP contribution in [0.4, 0.5) is 0 Å². The first-order valence-corrected chi connectivity index (χ1v) is 8.28. The Kier molecular flexibility index (Phi) is 6.62. The molecule has 0 bridgehead atoms. The fourth-order valence-electron chi connectivity index (χ4n) is 3.08. The van der Waals surface area contributed by atoms with Gasteiger partial charge < -0.3 is 16.0 Å². The van der Waals surface area contributed by atoms with Gasteiger partial charge in [0.25, 0.3) is 0 Å². The van der Waals surface area contributed by atoms with E-state index in [0.717, 1.165) is 17.5 Å². The summed E-state index contributed by atoms with van der Waals surface area (Å²) in [7, 11) is 0. The van der Waals surface area contributed by atoms with Gasteiger partial charge in [-0.2, -0.15) is 0 Å². The Morgan fingerprint density at radius 1 is 1.16 bits per heavy atom. The number of benzene rings is 2. The minimum Gasteiger partial charge on any atom is -0.361 e. The lowest BCUT2D eigenvalue weighted by Gasteiger charge is -2.12. The van der Waals surface area contributed by atoms with Gasteiger partial charge in [0.2, 0.25) is 5.91 Å². The molecule has 3 aromatic rings. The molecule has 1 aromatic heterocycles. The number of aromatic nitrogens is 1. The molecule has 1 atom stereocenters. The van der Waals surface area contributed by atoms with Crippen LogP contribution in [0, 0.1) is 6.92 Å². The number of fused-ring (bicyclic) bond motifs is 1. The van der Waals surface area contributed by atoms with Crippen molar-refractivity contribution in [3.05, 3.63) is 71.4 Å². The minimum atomic E-state index is -0.262. The number of nitrogens with one attached hydrogen (secondary N) is 2. The fourth-order valence-corrected chi connectivity index (χ4v) is 3.08. The van der Waals surface area contributed by atoms with Crippen LogP contribution in [-0.2, 0) is 11.2 Å². The van der Waals surface area contributed by atoms with E-state index in [9.17, 15) is 4.79 Å². The average Bonchev–Trinajstić information content (AvgIpc) is 3.00. The standard InChI is InChI=1S/C20H23N3O.ClH/c1-14-6-5-9-18-20(14)16(13-23-18)10-11-22-19(24)12-17(21)15-7-3-2-4-8-15;/h2-9,13,17,23H,10-12,21H2,1H3,(H,22,24);1H. The summed E-state index contributed by atoms with van der Waals surface area (Å²) in [6.07, 6.45) is 3.13. The van der Waals surface area contributed by atoms with Crippen LogP contribution >= 0.6 is 12.4 Å². The van der Waals surface area contributed by atoms with Crippen molar-refractivity contribution in [2.75, 3.05) is 6.54 Å². The Labute approximate surface area is 154 Å². The van der Waals surface area contributed by atoms with Crippen molar-refractivity contribution >= 4 is 29.2 Å². The summed E-state index contributed by atoms with van der Waals surface area (Å²) < 4.78 is 0. The van der Waals surface area contributed by atoms with E-state index in [1.165, 1.54) is 16.5 Å². The van der Waals surface area contributed by atoms with Crippen molar-refractivity contribution in [2.45, 2.75) is 25.8 Å². The molecule has 2 aromatic carbocycles. The van der Waals surface area contributed by atoms with Crippen LogP contribution in [0.5, 0.6) is 0 Å². The molecule has 3 rings (SSSR count). The van der Waals surface area contributed by atoms with Crippen molar-refractivity contribution in [3.8, 4) is 0 Å². The lowest BCUT2D eigenvalue weighted by atomic mass is 10.0. The van der Waals surface area contributed by atoms with Crippen LogP contribution in [0.1, 0.15) is 29.2 Å². The number of aromatic amines is 1. The van der Waals surface area contributed by atoms with Gasteiger partial charge in [-0.15, -0.1) is 12.4 Å². The Bertz CT molecular complexity index is 829. The number of aryl methyl sites for hydroxylation is 1. The maximum absolute atomic E-state index is 12.1. The van der Waals surface area contributed by atoms with Gasteiger partial charge in [0.1, 0.15) is 0 Å². The summed E-state index contributed by atoms with van der Waals surface area (Å²) in [5.41, 5.74) is 10.7. The maximum atomic E-state index is 12.1. The molecule has 0 saturated heterocycles. The van der Waals surface area contributed by atoms with Crippen LogP contribution < -0.4 is 11.1 Å². The highest BCUT2D eigenvalue weighted by molar-refractivity contribution is 5.86. The monoisotopic (exact) mass is 357 g/mol. The summed E-state index contributed by atoms with van der Waals surface area (Å²) in [6.45, 7) is 2.72. The zero-order valence-electron chi connectivity index (χ0n) is 14.3. The van der Waals surface area contributed by atoms with E-state index in [-0.39, 0.29) is 24.4 Å². The second-order valence-corrected chi connectivity index (χ2v) is 6.13. The molecule has 0 fully saturated rings. The zero-order valence-corrected chi connectivity index (χ0v) is 15.1. The SMILES string of the molecule is Cc1cccc2[nH]cc(CCNC(=O)CC(N)c3ccccc3)c12.Cl. The number of carbonyl (C=O) groups excluding carboxylic acids is 1. The van der Waals surface area contributed by atoms with E-state index < -0.39 is 0 Å². The molecule has 0 aliphatic heterocycles. The van der Waals surface area contributed by atoms with Gasteiger partial charge in [-0.25, -0.2) is 0 Å². The number of nitrogens with two attached hydrogens (primary N) is 1. The quantitative estimate of drug-likeness (QED) is 0.630. The first-order valence-electron chi connectivity index (χ1n) is 8.28. The number of halogens is 1. The summed E-state index contributed by atoms with van der Waals surface area (Å²) in [4.78, 5) is 15.4. The lowest BCUT2D eigenvalue weighted by molar-refractivity contribution is -0.121. The first-order chi connectivity index (χ1) is 11.6. The van der Waals surface area contributed by atoms with Crippen molar-refractivity contribution in [3.63, 3.8) is 0 Å². The molecule has 0 aliphatic carbocycles. The molecule has 5 heteroatoms. The highest BCUT2D eigenvalue weighted by atomic mass is 35.5. The first kappa shape index (κ1) is 19.0. The summed E-state index contributed by atoms with van der Waals surface area (Å²) in [5.74, 6) is -0.0112. The smallest absolute Gasteiger partial charge is 0.221 e. The highest BCUT2D eigenvalue weighted by Crippen LogP contribution is 2.22. The Hall–Kier alpha value is -2.30. The van der Waals surface area contributed by atoms with E-state index in [4.69, 9.17) is 5.73 Å². The number of hydrogen-bond donors (Lipinski definition) is 3. The van der Waals surface area contributed by atoms with Gasteiger partial charge in [-0.1, -0.05) is 42.5 Å². The number of carbonyl (C=O) groups is 1. The predicted molar refractivity (Wildman–Crippen MR) is 105 cm³/mol. The van der Waals surface area contributed by atoms with Crippen LogP contribution in [0.2, 0.25) is 0 Å². The third kappa shape index (κ3) is 4.62.